The van der Waals surface area contributed by atoms with Gasteiger partial charge in [-0.25, -0.2) is 4.79 Å². The Morgan fingerprint density at radius 3 is 3.13 bits per heavy atom. The fraction of sp³-hybridized carbons (Fsp3) is 0.500. The van der Waals surface area contributed by atoms with Crippen LogP contribution in [0.3, 0.4) is 0 Å². The van der Waals surface area contributed by atoms with E-state index in [1.54, 1.807) is 11.3 Å². The molecule has 0 unspecified atom stereocenters. The average molecular weight is 248 g/mol. The number of esters is 1. The van der Waals surface area contributed by atoms with Crippen LogP contribution in [0.2, 0.25) is 0 Å². The molecule has 1 N–H and O–H groups in total. The molecule has 0 saturated carbocycles. The van der Waals surface area contributed by atoms with Gasteiger partial charge in [-0.05, 0) is 31.0 Å². The zero-order chi connectivity index (χ0) is 9.97. The summed E-state index contributed by atoms with van der Waals surface area (Å²) in [6.45, 7) is 1.94. The number of thiophene rings is 1. The van der Waals surface area contributed by atoms with E-state index in [0.717, 1.165) is 30.8 Å². The Balaban J connectivity index is 0.00000112. The number of nitrogens with one attached hydrogen (secondary N) is 1. The van der Waals surface area contributed by atoms with Gasteiger partial charge in [-0.15, -0.1) is 23.7 Å². The highest BCUT2D eigenvalue weighted by Gasteiger charge is 2.15. The number of hydrogen-bond donors (Lipinski definition) is 1. The van der Waals surface area contributed by atoms with E-state index < -0.39 is 0 Å². The Morgan fingerprint density at radius 2 is 2.40 bits per heavy atom. The van der Waals surface area contributed by atoms with Crippen LogP contribution in [0.25, 0.3) is 0 Å². The lowest BCUT2D eigenvalue weighted by Gasteiger charge is -1.96. The predicted octanol–water partition coefficient (Wildman–Crippen LogP) is 1.99. The summed E-state index contributed by atoms with van der Waals surface area (Å²) in [4.78, 5) is 13.3. The molecule has 2 rings (SSSR count). The summed E-state index contributed by atoms with van der Waals surface area (Å²) in [5.41, 5.74) is 1.26. The van der Waals surface area contributed by atoms with Gasteiger partial charge in [0.2, 0.25) is 0 Å². The summed E-state index contributed by atoms with van der Waals surface area (Å²) in [5.74, 6) is -0.219. The van der Waals surface area contributed by atoms with Crippen LogP contribution in [-0.4, -0.2) is 19.6 Å². The molecular weight excluding hydrogens is 234 g/mol. The molecule has 0 aliphatic carbocycles. The first kappa shape index (κ1) is 12.5. The van der Waals surface area contributed by atoms with Crippen molar-refractivity contribution in [3.8, 4) is 0 Å². The quantitative estimate of drug-likeness (QED) is 0.772. The number of carbonyl (C=O) groups is 1. The minimum Gasteiger partial charge on any atom is -0.465 e. The van der Waals surface area contributed by atoms with Crippen molar-refractivity contribution in [3.63, 3.8) is 0 Å². The fourth-order valence-electron chi connectivity index (χ4n) is 1.63. The van der Waals surface area contributed by atoms with E-state index in [1.165, 1.54) is 17.6 Å². The third-order valence-corrected chi connectivity index (χ3v) is 3.57. The van der Waals surface area contributed by atoms with Crippen molar-refractivity contribution < 1.29 is 9.53 Å². The van der Waals surface area contributed by atoms with Crippen LogP contribution < -0.4 is 5.32 Å². The van der Waals surface area contributed by atoms with Crippen molar-refractivity contribution in [2.45, 2.75) is 19.4 Å². The molecule has 1 aromatic heterocycles. The Labute approximate surface area is 99.2 Å². The molecule has 0 atom stereocenters. The highest BCUT2D eigenvalue weighted by atomic mass is 35.5. The second kappa shape index (κ2) is 5.49. The summed E-state index contributed by atoms with van der Waals surface area (Å²) in [5, 5.41) is 3.33. The molecule has 0 radical (unpaired) electrons. The number of carbonyl (C=O) groups excluding carboxylic acids is 1. The monoisotopic (exact) mass is 247 g/mol. The van der Waals surface area contributed by atoms with Crippen molar-refractivity contribution >= 4 is 29.7 Å². The van der Waals surface area contributed by atoms with Gasteiger partial charge in [0.1, 0.15) is 4.88 Å². The molecule has 1 aliphatic heterocycles. The van der Waals surface area contributed by atoms with Crippen LogP contribution in [0.15, 0.2) is 6.07 Å². The summed E-state index contributed by atoms with van der Waals surface area (Å²) in [6, 6.07) is 1.95. The topological polar surface area (TPSA) is 38.3 Å². The maximum Gasteiger partial charge on any atom is 0.348 e. The summed E-state index contributed by atoms with van der Waals surface area (Å²) < 4.78 is 4.70. The van der Waals surface area contributed by atoms with E-state index in [2.05, 4.69) is 5.32 Å². The molecule has 0 spiro atoms. The molecule has 1 aromatic rings. The number of fused-ring (bicyclic) bond motifs is 1. The second-order valence-electron chi connectivity index (χ2n) is 3.33. The van der Waals surface area contributed by atoms with Crippen LogP contribution in [0.5, 0.6) is 0 Å². The van der Waals surface area contributed by atoms with Gasteiger partial charge < -0.3 is 10.1 Å². The number of ether oxygens (including phenoxy) is 1. The molecule has 3 nitrogen and oxygen atoms in total. The molecule has 0 aromatic carbocycles. The van der Waals surface area contributed by atoms with Gasteiger partial charge in [-0.3, -0.25) is 0 Å². The number of methoxy groups -OCH3 is 1. The molecule has 84 valence electrons. The molecule has 1 aliphatic rings. The van der Waals surface area contributed by atoms with E-state index >= 15 is 0 Å². The third kappa shape index (κ3) is 2.71. The van der Waals surface area contributed by atoms with Gasteiger partial charge in [0.05, 0.1) is 7.11 Å². The maximum absolute atomic E-state index is 11.3. The van der Waals surface area contributed by atoms with Crippen LogP contribution in [-0.2, 0) is 17.7 Å². The van der Waals surface area contributed by atoms with Crippen molar-refractivity contribution in [3.05, 3.63) is 21.4 Å². The molecular formula is C10H14ClNO2S. The van der Waals surface area contributed by atoms with Gasteiger partial charge in [-0.2, -0.15) is 0 Å². The molecule has 0 fully saturated rings. The first-order valence-electron chi connectivity index (χ1n) is 4.72. The number of aryl methyl sites for hydroxylation is 1. The third-order valence-electron chi connectivity index (χ3n) is 2.36. The lowest BCUT2D eigenvalue weighted by atomic mass is 10.2. The van der Waals surface area contributed by atoms with E-state index in [4.69, 9.17) is 4.74 Å². The first-order chi connectivity index (χ1) is 6.81. The van der Waals surface area contributed by atoms with E-state index in [1.807, 2.05) is 6.07 Å². The maximum atomic E-state index is 11.3. The summed E-state index contributed by atoms with van der Waals surface area (Å²) >= 11 is 1.57. The SMILES string of the molecule is COC(=O)c1cc2c(s1)CCCNC2.Cl. The predicted molar refractivity (Wildman–Crippen MR) is 62.9 cm³/mol. The van der Waals surface area contributed by atoms with Crippen molar-refractivity contribution in [2.24, 2.45) is 0 Å². The molecule has 15 heavy (non-hydrogen) atoms. The Hall–Kier alpha value is -0.580. The minimum atomic E-state index is -0.219. The Morgan fingerprint density at radius 1 is 1.60 bits per heavy atom. The van der Waals surface area contributed by atoms with Crippen LogP contribution in [0, 0.1) is 0 Å². The molecule has 2 heterocycles. The lowest BCUT2D eigenvalue weighted by Crippen LogP contribution is -2.11. The van der Waals surface area contributed by atoms with Crippen LogP contribution >= 0.6 is 23.7 Å². The highest BCUT2D eigenvalue weighted by molar-refractivity contribution is 7.14. The summed E-state index contributed by atoms with van der Waals surface area (Å²) in [6.07, 6.45) is 2.22. The van der Waals surface area contributed by atoms with E-state index in [-0.39, 0.29) is 18.4 Å². The van der Waals surface area contributed by atoms with Gasteiger partial charge in [0.15, 0.2) is 0 Å². The van der Waals surface area contributed by atoms with E-state index in [9.17, 15) is 4.79 Å². The largest absolute Gasteiger partial charge is 0.465 e. The smallest absolute Gasteiger partial charge is 0.348 e. The summed E-state index contributed by atoms with van der Waals surface area (Å²) in [7, 11) is 1.42. The molecule has 0 amide bonds. The van der Waals surface area contributed by atoms with Gasteiger partial charge >= 0.3 is 5.97 Å². The van der Waals surface area contributed by atoms with E-state index in [0.29, 0.717) is 0 Å². The normalized spacial score (nSPS) is 14.7. The second-order valence-corrected chi connectivity index (χ2v) is 4.47. The van der Waals surface area contributed by atoms with Crippen molar-refractivity contribution in [1.29, 1.82) is 0 Å². The Bertz CT molecular complexity index is 328. The number of hydrogen-bond acceptors (Lipinski definition) is 4. The number of rotatable bonds is 1. The number of halogens is 1. The van der Waals surface area contributed by atoms with Gasteiger partial charge in [0.25, 0.3) is 0 Å². The molecule has 0 bridgehead atoms. The molecule has 0 saturated heterocycles. The van der Waals surface area contributed by atoms with Crippen molar-refractivity contribution in [2.75, 3.05) is 13.7 Å². The average Bonchev–Trinajstić information content (AvgIpc) is 2.49. The molecule has 5 heteroatoms. The fourth-order valence-corrected chi connectivity index (χ4v) is 2.77. The van der Waals surface area contributed by atoms with Gasteiger partial charge in [-0.1, -0.05) is 0 Å². The Kier molecular flexibility index (Phi) is 4.57. The van der Waals surface area contributed by atoms with Crippen LogP contribution in [0.1, 0.15) is 26.5 Å². The minimum absolute atomic E-state index is 0. The van der Waals surface area contributed by atoms with Gasteiger partial charge in [0, 0.05) is 11.4 Å². The van der Waals surface area contributed by atoms with Crippen molar-refractivity contribution in [1.82, 2.24) is 5.32 Å². The first-order valence-corrected chi connectivity index (χ1v) is 5.53. The standard InChI is InChI=1S/C10H13NO2S.ClH/c1-13-10(12)9-5-7-6-11-4-2-3-8(7)14-9;/h5,11H,2-4,6H2,1H3;1H. The zero-order valence-electron chi connectivity index (χ0n) is 8.54. The zero-order valence-corrected chi connectivity index (χ0v) is 10.2. The highest BCUT2D eigenvalue weighted by Crippen LogP contribution is 2.25. The van der Waals surface area contributed by atoms with Crippen LogP contribution in [0.4, 0.5) is 0 Å². The lowest BCUT2D eigenvalue weighted by molar-refractivity contribution is 0.0606.